The summed E-state index contributed by atoms with van der Waals surface area (Å²) >= 11 is 2.09. The minimum absolute atomic E-state index is 0.676. The highest BCUT2D eigenvalue weighted by atomic mass is 32.2. The van der Waals surface area contributed by atoms with Gasteiger partial charge < -0.3 is 5.32 Å². The first-order chi connectivity index (χ1) is 4.77. The molecule has 0 aromatic heterocycles. The Morgan fingerprint density at radius 3 is 2.40 bits per heavy atom. The summed E-state index contributed by atoms with van der Waals surface area (Å²) in [6, 6.07) is 0.769. The molecule has 1 N–H and O–H groups in total. The Morgan fingerprint density at radius 1 is 1.30 bits per heavy atom. The van der Waals surface area contributed by atoms with Crippen molar-refractivity contribution in [2.45, 2.75) is 50.3 Å². The molecule has 0 spiro atoms. The van der Waals surface area contributed by atoms with Crippen LogP contribution in [-0.4, -0.2) is 16.7 Å². The van der Waals surface area contributed by atoms with Crippen LogP contribution in [-0.2, 0) is 0 Å². The third-order valence-corrected chi connectivity index (χ3v) is 3.67. The van der Waals surface area contributed by atoms with Crippen LogP contribution in [0.3, 0.4) is 0 Å². The Bertz CT molecular complexity index is 93.4. The standard InChI is InChI=1S/C8H17NS/c1-4-7-8(5-2)10-6(3)9-7/h6-9H,4-5H2,1-3H3/t6?,7-,8+/m0/s1. The summed E-state index contributed by atoms with van der Waals surface area (Å²) < 4.78 is 0. The fourth-order valence-electron chi connectivity index (χ4n) is 1.57. The molecule has 1 rings (SSSR count). The molecule has 3 atom stereocenters. The maximum Gasteiger partial charge on any atom is 0.0509 e. The summed E-state index contributed by atoms with van der Waals surface area (Å²) in [5.41, 5.74) is 0. The van der Waals surface area contributed by atoms with Gasteiger partial charge in [-0.05, 0) is 19.8 Å². The first-order valence-electron chi connectivity index (χ1n) is 4.19. The van der Waals surface area contributed by atoms with Crippen molar-refractivity contribution in [1.82, 2.24) is 5.32 Å². The van der Waals surface area contributed by atoms with Crippen LogP contribution in [0.4, 0.5) is 0 Å². The maximum atomic E-state index is 3.57. The molecule has 0 amide bonds. The molecule has 1 aliphatic rings. The molecule has 1 nitrogen and oxygen atoms in total. The van der Waals surface area contributed by atoms with Gasteiger partial charge in [0.25, 0.3) is 0 Å². The molecular weight excluding hydrogens is 142 g/mol. The van der Waals surface area contributed by atoms with Crippen LogP contribution < -0.4 is 5.32 Å². The van der Waals surface area contributed by atoms with Gasteiger partial charge in [-0.25, -0.2) is 0 Å². The fourth-order valence-corrected chi connectivity index (χ4v) is 3.00. The van der Waals surface area contributed by atoms with E-state index in [0.29, 0.717) is 5.37 Å². The third kappa shape index (κ3) is 1.67. The molecule has 0 bridgehead atoms. The highest BCUT2D eigenvalue weighted by molar-refractivity contribution is 8.00. The molecule has 2 heteroatoms. The number of hydrogen-bond donors (Lipinski definition) is 1. The molecule has 0 aliphatic carbocycles. The highest BCUT2D eigenvalue weighted by Gasteiger charge is 2.28. The molecule has 60 valence electrons. The molecule has 0 saturated carbocycles. The second-order valence-corrected chi connectivity index (χ2v) is 4.49. The predicted octanol–water partition coefficient (Wildman–Crippen LogP) is 2.23. The number of hydrogen-bond acceptors (Lipinski definition) is 2. The average Bonchev–Trinajstić information content (AvgIpc) is 2.30. The topological polar surface area (TPSA) is 12.0 Å². The van der Waals surface area contributed by atoms with E-state index in [0.717, 1.165) is 11.3 Å². The maximum absolute atomic E-state index is 3.57. The Kier molecular flexibility index (Phi) is 3.05. The summed E-state index contributed by atoms with van der Waals surface area (Å²) in [6.45, 7) is 6.79. The lowest BCUT2D eigenvalue weighted by molar-refractivity contribution is 0.505. The lowest BCUT2D eigenvalue weighted by Gasteiger charge is -2.13. The van der Waals surface area contributed by atoms with Crippen LogP contribution in [0.1, 0.15) is 33.6 Å². The van der Waals surface area contributed by atoms with Crippen LogP contribution >= 0.6 is 11.8 Å². The number of rotatable bonds is 2. The van der Waals surface area contributed by atoms with E-state index < -0.39 is 0 Å². The minimum atomic E-state index is 0.676. The summed E-state index contributed by atoms with van der Waals surface area (Å²) in [4.78, 5) is 0. The second-order valence-electron chi connectivity index (χ2n) is 2.91. The molecule has 0 aromatic rings. The number of thioether (sulfide) groups is 1. The molecule has 1 unspecified atom stereocenters. The van der Waals surface area contributed by atoms with E-state index in [-0.39, 0.29) is 0 Å². The van der Waals surface area contributed by atoms with Crippen molar-refractivity contribution in [2.75, 3.05) is 0 Å². The van der Waals surface area contributed by atoms with Gasteiger partial charge in [-0.15, -0.1) is 11.8 Å². The van der Waals surface area contributed by atoms with Gasteiger partial charge in [0, 0.05) is 11.3 Å². The van der Waals surface area contributed by atoms with Crippen molar-refractivity contribution < 1.29 is 0 Å². The Labute approximate surface area is 68.0 Å². The van der Waals surface area contributed by atoms with Crippen LogP contribution in [0.15, 0.2) is 0 Å². The smallest absolute Gasteiger partial charge is 0.0509 e. The molecule has 1 heterocycles. The van der Waals surface area contributed by atoms with Crippen molar-refractivity contribution in [3.63, 3.8) is 0 Å². The quantitative estimate of drug-likeness (QED) is 0.663. The van der Waals surface area contributed by atoms with Crippen LogP contribution in [0, 0.1) is 0 Å². The lowest BCUT2D eigenvalue weighted by Crippen LogP contribution is -2.31. The predicted molar refractivity (Wildman–Crippen MR) is 48.3 cm³/mol. The van der Waals surface area contributed by atoms with Gasteiger partial charge >= 0.3 is 0 Å². The van der Waals surface area contributed by atoms with Crippen molar-refractivity contribution in [1.29, 1.82) is 0 Å². The number of nitrogens with one attached hydrogen (secondary N) is 1. The molecule has 1 aliphatic heterocycles. The molecule has 1 saturated heterocycles. The zero-order valence-electron chi connectivity index (χ0n) is 7.05. The monoisotopic (exact) mass is 159 g/mol. The van der Waals surface area contributed by atoms with E-state index in [1.165, 1.54) is 12.8 Å². The van der Waals surface area contributed by atoms with Crippen LogP contribution in [0.25, 0.3) is 0 Å². The van der Waals surface area contributed by atoms with Crippen molar-refractivity contribution in [3.05, 3.63) is 0 Å². The normalized spacial score (nSPS) is 40.5. The Balaban J connectivity index is 2.41. The van der Waals surface area contributed by atoms with Crippen LogP contribution in [0.2, 0.25) is 0 Å². The Morgan fingerprint density at radius 2 is 2.00 bits per heavy atom. The second kappa shape index (κ2) is 3.63. The lowest BCUT2D eigenvalue weighted by atomic mass is 10.1. The zero-order chi connectivity index (χ0) is 7.56. The summed E-state index contributed by atoms with van der Waals surface area (Å²) in [7, 11) is 0. The van der Waals surface area contributed by atoms with E-state index in [1.54, 1.807) is 0 Å². The Hall–Kier alpha value is 0.310. The van der Waals surface area contributed by atoms with Gasteiger partial charge in [0.1, 0.15) is 0 Å². The van der Waals surface area contributed by atoms with E-state index in [9.17, 15) is 0 Å². The highest BCUT2D eigenvalue weighted by Crippen LogP contribution is 2.30. The van der Waals surface area contributed by atoms with E-state index in [1.807, 2.05) is 0 Å². The zero-order valence-corrected chi connectivity index (χ0v) is 7.87. The van der Waals surface area contributed by atoms with Crippen LogP contribution in [0.5, 0.6) is 0 Å². The first-order valence-corrected chi connectivity index (χ1v) is 5.13. The first kappa shape index (κ1) is 8.41. The van der Waals surface area contributed by atoms with Gasteiger partial charge in [-0.2, -0.15) is 0 Å². The van der Waals surface area contributed by atoms with Gasteiger partial charge in [0.05, 0.1) is 5.37 Å². The van der Waals surface area contributed by atoms with Gasteiger partial charge in [-0.1, -0.05) is 13.8 Å². The van der Waals surface area contributed by atoms with Gasteiger partial charge in [0.15, 0.2) is 0 Å². The molecule has 0 radical (unpaired) electrons. The summed E-state index contributed by atoms with van der Waals surface area (Å²) in [6.07, 6.45) is 2.58. The average molecular weight is 159 g/mol. The van der Waals surface area contributed by atoms with Gasteiger partial charge in [-0.3, -0.25) is 0 Å². The molecule has 10 heavy (non-hydrogen) atoms. The third-order valence-electron chi connectivity index (χ3n) is 2.12. The van der Waals surface area contributed by atoms with Crippen molar-refractivity contribution in [2.24, 2.45) is 0 Å². The fraction of sp³-hybridized carbons (Fsp3) is 1.00. The minimum Gasteiger partial charge on any atom is -0.302 e. The van der Waals surface area contributed by atoms with E-state index in [2.05, 4.69) is 37.8 Å². The summed E-state index contributed by atoms with van der Waals surface area (Å²) in [5, 5.41) is 5.10. The molecule has 0 aromatic carbocycles. The van der Waals surface area contributed by atoms with Crippen molar-refractivity contribution in [3.8, 4) is 0 Å². The molecular formula is C8H17NS. The van der Waals surface area contributed by atoms with Gasteiger partial charge in [0.2, 0.25) is 0 Å². The summed E-state index contributed by atoms with van der Waals surface area (Å²) in [5.74, 6) is 0. The largest absolute Gasteiger partial charge is 0.302 e. The molecule has 1 fully saturated rings. The SMILES string of the molecule is CC[C@@H]1NC(C)S[C@@H]1CC. The van der Waals surface area contributed by atoms with E-state index >= 15 is 0 Å². The van der Waals surface area contributed by atoms with Crippen molar-refractivity contribution >= 4 is 11.8 Å². The van der Waals surface area contributed by atoms with E-state index in [4.69, 9.17) is 0 Å².